The summed E-state index contributed by atoms with van der Waals surface area (Å²) in [5.41, 5.74) is 4.56. The third-order valence-electron chi connectivity index (χ3n) is 5.21. The number of nitrogens with zero attached hydrogens (tertiary/aromatic N) is 1. The monoisotopic (exact) mass is 535 g/mol. The van der Waals surface area contributed by atoms with Crippen LogP contribution in [0.4, 0.5) is 18.0 Å². The van der Waals surface area contributed by atoms with E-state index in [2.05, 4.69) is 46.5 Å². The molecule has 37 heavy (non-hydrogen) atoms. The predicted octanol–water partition coefficient (Wildman–Crippen LogP) is 5.48. The molecule has 2 heterocycles. The summed E-state index contributed by atoms with van der Waals surface area (Å²) in [6.07, 6.45) is -4.90. The van der Waals surface area contributed by atoms with Gasteiger partial charge in [0.15, 0.2) is 0 Å². The SMILES string of the molecule is CC(C)(C)OC(=O)NCCC1CNC(=O)c2cc(-c3cccc(OC(F)(F)F)c3)c(C#C[Si](C)(C)C)n21. The van der Waals surface area contributed by atoms with E-state index in [1.54, 1.807) is 32.9 Å². The molecule has 1 atom stereocenters. The molecule has 1 aliphatic heterocycles. The van der Waals surface area contributed by atoms with Gasteiger partial charge in [-0.3, -0.25) is 4.79 Å². The van der Waals surface area contributed by atoms with Gasteiger partial charge in [-0.05, 0) is 51.0 Å². The van der Waals surface area contributed by atoms with Gasteiger partial charge in [0.2, 0.25) is 0 Å². The number of halogens is 3. The summed E-state index contributed by atoms with van der Waals surface area (Å²) in [4.78, 5) is 24.9. The summed E-state index contributed by atoms with van der Waals surface area (Å²) < 4.78 is 49.7. The molecule has 7 nitrogen and oxygen atoms in total. The molecule has 1 aliphatic rings. The fraction of sp³-hybridized carbons (Fsp3) is 0.462. The minimum Gasteiger partial charge on any atom is -0.444 e. The van der Waals surface area contributed by atoms with Crippen molar-refractivity contribution in [1.29, 1.82) is 0 Å². The number of alkyl carbamates (subject to hydrolysis) is 1. The summed E-state index contributed by atoms with van der Waals surface area (Å²) in [5, 5.41) is 5.59. The Hall–Kier alpha value is -3.39. The smallest absolute Gasteiger partial charge is 0.444 e. The van der Waals surface area contributed by atoms with E-state index in [1.807, 2.05) is 4.57 Å². The van der Waals surface area contributed by atoms with E-state index < -0.39 is 26.1 Å². The average Bonchev–Trinajstić information content (AvgIpc) is 3.12. The van der Waals surface area contributed by atoms with Crippen LogP contribution in [0.1, 0.15) is 49.4 Å². The Morgan fingerprint density at radius 1 is 1.22 bits per heavy atom. The zero-order valence-corrected chi connectivity index (χ0v) is 22.8. The number of amides is 2. The van der Waals surface area contributed by atoms with Crippen molar-refractivity contribution in [2.45, 2.75) is 64.8 Å². The van der Waals surface area contributed by atoms with Gasteiger partial charge >= 0.3 is 12.5 Å². The van der Waals surface area contributed by atoms with Crippen LogP contribution in [0.3, 0.4) is 0 Å². The second kappa shape index (κ2) is 10.5. The molecule has 2 aromatic rings. The van der Waals surface area contributed by atoms with Crippen molar-refractivity contribution in [1.82, 2.24) is 15.2 Å². The predicted molar refractivity (Wildman–Crippen MR) is 137 cm³/mol. The quantitative estimate of drug-likeness (QED) is 0.392. The number of carbonyl (C=O) groups excluding carboxylic acids is 2. The minimum absolute atomic E-state index is 0.239. The molecular formula is C26H32F3N3O4Si. The molecule has 0 saturated heterocycles. The van der Waals surface area contributed by atoms with Crippen LogP contribution in [0.15, 0.2) is 30.3 Å². The maximum Gasteiger partial charge on any atom is 0.573 e. The number of hydrogen-bond acceptors (Lipinski definition) is 4. The molecule has 1 aromatic heterocycles. The molecular weight excluding hydrogens is 503 g/mol. The fourth-order valence-corrected chi connectivity index (χ4v) is 4.31. The summed E-state index contributed by atoms with van der Waals surface area (Å²) in [5.74, 6) is 2.56. The molecule has 0 saturated carbocycles. The van der Waals surface area contributed by atoms with Crippen molar-refractivity contribution in [3.05, 3.63) is 41.7 Å². The van der Waals surface area contributed by atoms with Gasteiger partial charge in [-0.15, -0.1) is 18.7 Å². The first-order chi connectivity index (χ1) is 17.0. The number of rotatable bonds is 5. The number of alkyl halides is 3. The lowest BCUT2D eigenvalue weighted by Crippen LogP contribution is -2.41. The molecule has 3 rings (SSSR count). The average molecular weight is 536 g/mol. The van der Waals surface area contributed by atoms with Crippen molar-refractivity contribution in [2.24, 2.45) is 0 Å². The second-order valence-electron chi connectivity index (χ2n) is 10.8. The summed E-state index contributed by atoms with van der Waals surface area (Å²) >= 11 is 0. The van der Waals surface area contributed by atoms with Crippen LogP contribution in [0.5, 0.6) is 5.75 Å². The standard InChI is InChI=1S/C26H32F3N3O4Si/c1-25(2,3)36-24(34)30-12-10-18-16-31-23(33)22-15-20(21(32(18)22)11-13-37(4,5)6)17-8-7-9-19(14-17)35-26(27,28)29/h7-9,14-15,18H,10,12,16H2,1-6H3,(H,30,34)(H,31,33). The van der Waals surface area contributed by atoms with Gasteiger partial charge in [0.05, 0.1) is 6.04 Å². The van der Waals surface area contributed by atoms with E-state index in [1.165, 1.54) is 18.2 Å². The molecule has 0 bridgehead atoms. The Morgan fingerprint density at radius 2 is 1.92 bits per heavy atom. The Kier molecular flexibility index (Phi) is 8.02. The first-order valence-electron chi connectivity index (χ1n) is 11.9. The number of carbonyl (C=O) groups is 2. The Labute approximate surface area is 215 Å². The molecule has 2 N–H and O–H groups in total. The largest absolute Gasteiger partial charge is 0.573 e. The van der Waals surface area contributed by atoms with Crippen LogP contribution in [0.2, 0.25) is 19.6 Å². The van der Waals surface area contributed by atoms with Crippen molar-refractivity contribution >= 4 is 20.1 Å². The Balaban J connectivity index is 2.01. The summed E-state index contributed by atoms with van der Waals surface area (Å²) in [6, 6.07) is 7.02. The molecule has 1 aromatic carbocycles. The highest BCUT2D eigenvalue weighted by Gasteiger charge is 2.32. The van der Waals surface area contributed by atoms with Gasteiger partial charge in [0.25, 0.3) is 5.91 Å². The number of fused-ring (bicyclic) bond motifs is 1. The van der Waals surface area contributed by atoms with Gasteiger partial charge in [-0.1, -0.05) is 37.7 Å². The highest BCUT2D eigenvalue weighted by atomic mass is 28.3. The molecule has 0 spiro atoms. The van der Waals surface area contributed by atoms with Crippen LogP contribution < -0.4 is 15.4 Å². The second-order valence-corrected chi connectivity index (χ2v) is 15.6. The highest BCUT2D eigenvalue weighted by Crippen LogP contribution is 2.35. The first kappa shape index (κ1) is 28.2. The van der Waals surface area contributed by atoms with E-state index >= 15 is 0 Å². The Morgan fingerprint density at radius 3 is 2.54 bits per heavy atom. The van der Waals surface area contributed by atoms with E-state index in [0.717, 1.165) is 0 Å². The molecule has 0 fully saturated rings. The molecule has 0 radical (unpaired) electrons. The third kappa shape index (κ3) is 8.05. The maximum atomic E-state index is 12.8. The zero-order chi connectivity index (χ0) is 27.6. The topological polar surface area (TPSA) is 81.6 Å². The van der Waals surface area contributed by atoms with Gasteiger partial charge in [0, 0.05) is 18.7 Å². The van der Waals surface area contributed by atoms with E-state index in [4.69, 9.17) is 4.74 Å². The maximum absolute atomic E-state index is 12.8. The lowest BCUT2D eigenvalue weighted by atomic mass is 10.1. The van der Waals surface area contributed by atoms with E-state index in [0.29, 0.717) is 35.5 Å². The van der Waals surface area contributed by atoms with Crippen LogP contribution in [-0.2, 0) is 4.74 Å². The summed E-state index contributed by atoms with van der Waals surface area (Å²) in [7, 11) is -1.85. The first-order valence-corrected chi connectivity index (χ1v) is 15.4. The number of ether oxygens (including phenoxy) is 2. The van der Waals surface area contributed by atoms with Gasteiger partial charge < -0.3 is 24.7 Å². The lowest BCUT2D eigenvalue weighted by Gasteiger charge is -2.28. The summed E-state index contributed by atoms with van der Waals surface area (Å²) in [6.45, 7) is 12.2. The number of nitrogens with one attached hydrogen (secondary N) is 2. The zero-order valence-electron chi connectivity index (χ0n) is 21.8. The third-order valence-corrected chi connectivity index (χ3v) is 6.09. The molecule has 0 aliphatic carbocycles. The van der Waals surface area contributed by atoms with Crippen molar-refractivity contribution < 1.29 is 32.2 Å². The van der Waals surface area contributed by atoms with Crippen molar-refractivity contribution in [3.8, 4) is 28.3 Å². The normalized spacial score (nSPS) is 15.7. The number of benzene rings is 1. The van der Waals surface area contributed by atoms with Crippen LogP contribution in [-0.4, -0.2) is 49.7 Å². The molecule has 2 amide bonds. The van der Waals surface area contributed by atoms with E-state index in [-0.39, 0.29) is 24.2 Å². The van der Waals surface area contributed by atoms with Crippen LogP contribution in [0, 0.1) is 11.5 Å². The number of aromatic nitrogens is 1. The highest BCUT2D eigenvalue weighted by molar-refractivity contribution is 6.83. The Bertz CT molecular complexity index is 1230. The molecule has 11 heteroatoms. The fourth-order valence-electron chi connectivity index (χ4n) is 3.81. The van der Waals surface area contributed by atoms with Crippen molar-refractivity contribution in [3.63, 3.8) is 0 Å². The van der Waals surface area contributed by atoms with Crippen molar-refractivity contribution in [2.75, 3.05) is 13.1 Å². The van der Waals surface area contributed by atoms with E-state index in [9.17, 15) is 22.8 Å². The molecule has 200 valence electrons. The number of hydrogen-bond donors (Lipinski definition) is 2. The van der Waals surface area contributed by atoms with Gasteiger partial charge in [0.1, 0.15) is 30.8 Å². The van der Waals surface area contributed by atoms with Gasteiger partial charge in [-0.25, -0.2) is 4.79 Å². The van der Waals surface area contributed by atoms with Crippen LogP contribution >= 0.6 is 0 Å². The lowest BCUT2D eigenvalue weighted by molar-refractivity contribution is -0.274. The van der Waals surface area contributed by atoms with Gasteiger partial charge in [-0.2, -0.15) is 0 Å². The minimum atomic E-state index is -4.83. The van der Waals surface area contributed by atoms with Crippen LogP contribution in [0.25, 0.3) is 11.1 Å². The molecule has 1 unspecified atom stereocenters.